The van der Waals surface area contributed by atoms with Gasteiger partial charge in [-0.25, -0.2) is 16.8 Å². The third kappa shape index (κ3) is 7.19. The van der Waals surface area contributed by atoms with Gasteiger partial charge in [-0.3, -0.25) is 20.2 Å². The van der Waals surface area contributed by atoms with E-state index in [-0.39, 0.29) is 70.2 Å². The summed E-state index contributed by atoms with van der Waals surface area (Å²) in [5.41, 5.74) is -1.95. The van der Waals surface area contributed by atoms with Crippen LogP contribution in [-0.2, 0) is 20.2 Å². The maximum absolute atomic E-state index is 11.4. The van der Waals surface area contributed by atoms with Crippen LogP contribution in [0.25, 0.3) is 12.2 Å². The molecule has 0 aromatic heterocycles. The van der Waals surface area contributed by atoms with Gasteiger partial charge in [0, 0.05) is 24.3 Å². The van der Waals surface area contributed by atoms with Gasteiger partial charge in [-0.05, 0) is 23.3 Å². The van der Waals surface area contributed by atoms with E-state index >= 15 is 0 Å². The van der Waals surface area contributed by atoms with E-state index in [1.165, 1.54) is 0 Å². The normalized spacial score (nSPS) is 11.4. The Morgan fingerprint density at radius 1 is 0.667 bits per heavy atom. The Kier molecular flexibility index (Phi) is 10.5. The Balaban J connectivity index is 0.00000420. The van der Waals surface area contributed by atoms with Crippen molar-refractivity contribution in [2.24, 2.45) is 0 Å². The summed E-state index contributed by atoms with van der Waals surface area (Å²) < 4.78 is 68.1. The second-order valence-corrected chi connectivity index (χ2v) is 7.90. The van der Waals surface area contributed by atoms with Crippen LogP contribution in [0, 0.1) is 20.2 Å². The first-order valence-corrected chi connectivity index (χ1v) is 9.79. The zero-order valence-electron chi connectivity index (χ0n) is 15.4. The van der Waals surface area contributed by atoms with Gasteiger partial charge in [0.2, 0.25) is 0 Å². The first-order chi connectivity index (χ1) is 12.8. The average molecular weight is 474 g/mol. The van der Waals surface area contributed by atoms with Gasteiger partial charge < -0.3 is 9.11 Å². The Morgan fingerprint density at radius 2 is 0.967 bits per heavy atom. The van der Waals surface area contributed by atoms with E-state index < -0.39 is 51.2 Å². The number of nitrogens with zero attached hydrogens (tertiary/aromatic N) is 2. The third-order valence-corrected chi connectivity index (χ3v) is 5.18. The molecule has 2 aromatic carbocycles. The largest absolute Gasteiger partial charge is 1.00 e. The molecule has 0 radical (unpaired) electrons. The fraction of sp³-hybridized carbons (Fsp3) is 0. The van der Waals surface area contributed by atoms with Crippen molar-refractivity contribution in [2.75, 3.05) is 0 Å². The molecule has 0 fully saturated rings. The fourth-order valence-corrected chi connectivity index (χ4v) is 3.54. The molecule has 0 atom stereocenters. The van der Waals surface area contributed by atoms with E-state index in [4.69, 9.17) is 0 Å². The van der Waals surface area contributed by atoms with E-state index in [0.29, 0.717) is 12.1 Å². The topological polar surface area (TPSA) is 201 Å². The van der Waals surface area contributed by atoms with Crippen LogP contribution >= 0.6 is 0 Å². The number of nitro groups is 2. The van der Waals surface area contributed by atoms with E-state index in [2.05, 4.69) is 0 Å². The Bertz CT molecular complexity index is 1130. The number of hydrogen-bond donors (Lipinski definition) is 0. The molecule has 0 aliphatic heterocycles. The summed E-state index contributed by atoms with van der Waals surface area (Å²) in [5.74, 6) is 0. The standard InChI is InChI=1S/C14H10N2O10S2.2Na/c17-15(18)11-5-3-9(13(7-11)27(21,22)23)1-2-10-4-6-12(16(19)20)8-14(10)28(24,25)26;;/h1-8H,(H,21,22,23)(H,24,25,26);;/q;2*+1/p-2/b2-1+;;. The second kappa shape index (κ2) is 10.9. The summed E-state index contributed by atoms with van der Waals surface area (Å²) in [7, 11) is -10.3. The Morgan fingerprint density at radius 3 is 1.20 bits per heavy atom. The Hall–Kier alpha value is -1.20. The van der Waals surface area contributed by atoms with Gasteiger partial charge >= 0.3 is 59.1 Å². The van der Waals surface area contributed by atoms with Crippen molar-refractivity contribution in [3.63, 3.8) is 0 Å². The van der Waals surface area contributed by atoms with Crippen molar-refractivity contribution in [1.29, 1.82) is 0 Å². The summed E-state index contributed by atoms with van der Waals surface area (Å²) in [6, 6.07) is 4.77. The van der Waals surface area contributed by atoms with Gasteiger partial charge in [0.1, 0.15) is 20.2 Å². The van der Waals surface area contributed by atoms with E-state index in [9.17, 15) is 46.2 Å². The number of rotatable bonds is 6. The molecule has 0 spiro atoms. The number of non-ortho nitro benzene ring substituents is 2. The predicted molar refractivity (Wildman–Crippen MR) is 91.0 cm³/mol. The van der Waals surface area contributed by atoms with Gasteiger partial charge in [0.05, 0.1) is 19.6 Å². The molecule has 148 valence electrons. The van der Waals surface area contributed by atoms with Crippen molar-refractivity contribution in [2.45, 2.75) is 9.79 Å². The molecule has 0 amide bonds. The summed E-state index contributed by atoms with van der Waals surface area (Å²) in [5, 5.41) is 21.5. The first kappa shape index (κ1) is 28.8. The molecule has 0 saturated carbocycles. The molecule has 2 aromatic rings. The zero-order chi connectivity index (χ0) is 21.3. The molecule has 16 heteroatoms. The maximum Gasteiger partial charge on any atom is 1.00 e. The minimum Gasteiger partial charge on any atom is -0.744 e. The van der Waals surface area contributed by atoms with Crippen molar-refractivity contribution >= 4 is 43.8 Å². The molecule has 12 nitrogen and oxygen atoms in total. The van der Waals surface area contributed by atoms with E-state index in [1.54, 1.807) is 0 Å². The van der Waals surface area contributed by atoms with Gasteiger partial charge in [-0.2, -0.15) is 0 Å². The molecule has 2 rings (SSSR count). The Labute approximate surface area is 214 Å². The van der Waals surface area contributed by atoms with Crippen LogP contribution < -0.4 is 59.1 Å². The molecular formula is C14H8N2Na2O10S2. The summed E-state index contributed by atoms with van der Waals surface area (Å²) >= 11 is 0. The van der Waals surface area contributed by atoms with Gasteiger partial charge in [-0.15, -0.1) is 0 Å². The smallest absolute Gasteiger partial charge is 0.744 e. The number of nitro benzene ring substituents is 2. The molecule has 0 unspecified atom stereocenters. The predicted octanol–water partition coefficient (Wildman–Crippen LogP) is -4.51. The molecule has 0 heterocycles. The van der Waals surface area contributed by atoms with Crippen LogP contribution in [0.4, 0.5) is 11.4 Å². The average Bonchev–Trinajstić information content (AvgIpc) is 2.57. The van der Waals surface area contributed by atoms with Crippen LogP contribution in [0.3, 0.4) is 0 Å². The quantitative estimate of drug-likeness (QED) is 0.129. The molecular weight excluding hydrogens is 466 g/mol. The molecule has 0 N–H and O–H groups in total. The minimum absolute atomic E-state index is 0. The fourth-order valence-electron chi connectivity index (χ4n) is 2.16. The van der Waals surface area contributed by atoms with Crippen molar-refractivity contribution < 1.29 is 94.9 Å². The van der Waals surface area contributed by atoms with Crippen LogP contribution in [0.15, 0.2) is 46.2 Å². The van der Waals surface area contributed by atoms with Gasteiger partial charge in [0.15, 0.2) is 0 Å². The molecule has 30 heavy (non-hydrogen) atoms. The molecule has 0 saturated heterocycles. The zero-order valence-corrected chi connectivity index (χ0v) is 21.0. The summed E-state index contributed by atoms with van der Waals surface area (Å²) in [6.45, 7) is 0. The second-order valence-electron chi connectivity index (χ2n) is 5.20. The van der Waals surface area contributed by atoms with Crippen LogP contribution in [0.2, 0.25) is 0 Å². The SMILES string of the molecule is O=[N+]([O-])c1ccc(/C=C/c2ccc([N+](=O)[O-])cc2S(=O)(=O)[O-])c(S(=O)(=O)[O-])c1.[Na+].[Na+]. The first-order valence-electron chi connectivity index (χ1n) is 6.97. The van der Waals surface area contributed by atoms with Crippen molar-refractivity contribution in [3.05, 3.63) is 67.8 Å². The van der Waals surface area contributed by atoms with Crippen LogP contribution in [0.1, 0.15) is 11.1 Å². The van der Waals surface area contributed by atoms with Crippen LogP contribution in [-0.4, -0.2) is 35.8 Å². The van der Waals surface area contributed by atoms with E-state index in [1.807, 2.05) is 0 Å². The summed E-state index contributed by atoms with van der Waals surface area (Å²) in [6.07, 6.45) is 1.87. The summed E-state index contributed by atoms with van der Waals surface area (Å²) in [4.78, 5) is 17.8. The molecule has 0 aliphatic rings. The van der Waals surface area contributed by atoms with Gasteiger partial charge in [0.25, 0.3) is 11.4 Å². The monoisotopic (exact) mass is 474 g/mol. The minimum atomic E-state index is -5.13. The number of benzene rings is 2. The maximum atomic E-state index is 11.4. The third-order valence-electron chi connectivity index (χ3n) is 3.40. The van der Waals surface area contributed by atoms with Crippen molar-refractivity contribution in [3.8, 4) is 0 Å². The van der Waals surface area contributed by atoms with E-state index in [0.717, 1.165) is 36.4 Å². The molecule has 0 aliphatic carbocycles. The van der Waals surface area contributed by atoms with Gasteiger partial charge in [-0.1, -0.05) is 12.2 Å². The number of hydrogen-bond acceptors (Lipinski definition) is 10. The van der Waals surface area contributed by atoms with Crippen LogP contribution in [0.5, 0.6) is 0 Å². The molecule has 0 bridgehead atoms. The van der Waals surface area contributed by atoms with Crippen molar-refractivity contribution in [1.82, 2.24) is 0 Å².